The van der Waals surface area contributed by atoms with Gasteiger partial charge in [-0.05, 0) is 18.2 Å². The Labute approximate surface area is 73.4 Å². The van der Waals surface area contributed by atoms with E-state index < -0.39 is 0 Å². The summed E-state index contributed by atoms with van der Waals surface area (Å²) >= 11 is 7.37. The molecule has 0 atom stereocenters. The van der Waals surface area contributed by atoms with E-state index in [0.717, 1.165) is 20.1 Å². The van der Waals surface area contributed by atoms with Gasteiger partial charge in [-0.15, -0.1) is 11.3 Å². The summed E-state index contributed by atoms with van der Waals surface area (Å²) in [6, 6.07) is 7.73. The molecule has 0 radical (unpaired) electrons. The number of hydrogen-bond acceptors (Lipinski definition) is 2. The average Bonchev–Trinajstić information content (AvgIpc) is 2.31. The maximum Gasteiger partial charge on any atom is 0.0941 e. The number of nitrogen functional groups attached to an aromatic ring is 1. The Balaban J connectivity index is 2.90. The first-order valence-corrected chi connectivity index (χ1v) is 4.40. The van der Waals surface area contributed by atoms with Crippen LogP contribution in [0.4, 0.5) is 5.69 Å². The molecular formula is C8H6ClNS. The third kappa shape index (κ3) is 1.08. The molecule has 1 aromatic carbocycles. The van der Waals surface area contributed by atoms with Crippen LogP contribution in [0.5, 0.6) is 0 Å². The molecule has 0 saturated carbocycles. The molecule has 56 valence electrons. The average molecular weight is 184 g/mol. The van der Waals surface area contributed by atoms with Gasteiger partial charge in [0, 0.05) is 15.8 Å². The van der Waals surface area contributed by atoms with Gasteiger partial charge in [-0.25, -0.2) is 0 Å². The third-order valence-electron chi connectivity index (χ3n) is 1.57. The Morgan fingerprint density at radius 1 is 1.36 bits per heavy atom. The molecule has 2 N–H and O–H groups in total. The summed E-state index contributed by atoms with van der Waals surface area (Å²) in [5.41, 5.74) is 6.51. The summed E-state index contributed by atoms with van der Waals surface area (Å²) in [7, 11) is 0. The maximum atomic E-state index is 5.82. The maximum absolute atomic E-state index is 5.82. The monoisotopic (exact) mass is 183 g/mol. The standard InChI is InChI=1S/C8H6ClNS/c9-8-4-5-6(10)2-1-3-7(5)11-8/h1-4H,10H2. The van der Waals surface area contributed by atoms with Gasteiger partial charge < -0.3 is 5.73 Å². The van der Waals surface area contributed by atoms with Gasteiger partial charge in [-0.3, -0.25) is 0 Å². The lowest BCUT2D eigenvalue weighted by Crippen LogP contribution is -1.82. The highest BCUT2D eigenvalue weighted by molar-refractivity contribution is 7.22. The van der Waals surface area contributed by atoms with Gasteiger partial charge in [0.25, 0.3) is 0 Å². The van der Waals surface area contributed by atoms with E-state index in [2.05, 4.69) is 0 Å². The van der Waals surface area contributed by atoms with Crippen LogP contribution in [-0.4, -0.2) is 0 Å². The lowest BCUT2D eigenvalue weighted by Gasteiger charge is -1.91. The molecule has 1 nitrogen and oxygen atoms in total. The zero-order valence-electron chi connectivity index (χ0n) is 5.67. The molecule has 11 heavy (non-hydrogen) atoms. The minimum atomic E-state index is 0.790. The molecule has 0 unspecified atom stereocenters. The summed E-state index contributed by atoms with van der Waals surface area (Å²) in [5, 5.41) is 1.06. The second-order valence-corrected chi connectivity index (χ2v) is 4.02. The quantitative estimate of drug-likeness (QED) is 0.624. The minimum Gasteiger partial charge on any atom is -0.398 e. The van der Waals surface area contributed by atoms with Gasteiger partial charge in [-0.2, -0.15) is 0 Å². The second kappa shape index (κ2) is 2.40. The number of benzene rings is 1. The minimum absolute atomic E-state index is 0.790. The first kappa shape index (κ1) is 6.95. The molecule has 2 aromatic rings. The second-order valence-electron chi connectivity index (χ2n) is 2.31. The molecule has 0 fully saturated rings. The number of anilines is 1. The summed E-state index contributed by atoms with van der Waals surface area (Å²) in [5.74, 6) is 0. The van der Waals surface area contributed by atoms with Crippen LogP contribution in [0.15, 0.2) is 24.3 Å². The summed E-state index contributed by atoms with van der Waals surface area (Å²) < 4.78 is 1.94. The Kier molecular flexibility index (Phi) is 1.51. The molecular weight excluding hydrogens is 178 g/mol. The Morgan fingerprint density at radius 2 is 2.18 bits per heavy atom. The molecule has 1 heterocycles. The van der Waals surface area contributed by atoms with E-state index in [-0.39, 0.29) is 0 Å². The van der Waals surface area contributed by atoms with E-state index in [9.17, 15) is 0 Å². The van der Waals surface area contributed by atoms with Crippen molar-refractivity contribution in [2.75, 3.05) is 5.73 Å². The van der Waals surface area contributed by atoms with Gasteiger partial charge in [-0.1, -0.05) is 17.7 Å². The number of nitrogens with two attached hydrogens (primary N) is 1. The van der Waals surface area contributed by atoms with E-state index in [1.165, 1.54) is 0 Å². The molecule has 0 amide bonds. The van der Waals surface area contributed by atoms with Crippen molar-refractivity contribution in [1.29, 1.82) is 0 Å². The first-order chi connectivity index (χ1) is 5.27. The topological polar surface area (TPSA) is 26.0 Å². The van der Waals surface area contributed by atoms with Gasteiger partial charge in [0.05, 0.1) is 4.34 Å². The molecule has 2 rings (SSSR count). The number of halogens is 1. The van der Waals surface area contributed by atoms with Crippen LogP contribution in [0, 0.1) is 0 Å². The highest BCUT2D eigenvalue weighted by Crippen LogP contribution is 2.32. The van der Waals surface area contributed by atoms with E-state index in [1.54, 1.807) is 11.3 Å². The van der Waals surface area contributed by atoms with E-state index in [4.69, 9.17) is 17.3 Å². The van der Waals surface area contributed by atoms with Crippen LogP contribution in [-0.2, 0) is 0 Å². The SMILES string of the molecule is Nc1cccc2sc(Cl)cc12. The molecule has 0 bridgehead atoms. The fraction of sp³-hybridized carbons (Fsp3) is 0. The van der Waals surface area contributed by atoms with E-state index >= 15 is 0 Å². The predicted molar refractivity (Wildman–Crippen MR) is 51.2 cm³/mol. The molecule has 3 heteroatoms. The van der Waals surface area contributed by atoms with Crippen molar-refractivity contribution >= 4 is 38.7 Å². The number of rotatable bonds is 0. The van der Waals surface area contributed by atoms with Gasteiger partial charge in [0.15, 0.2) is 0 Å². The first-order valence-electron chi connectivity index (χ1n) is 3.21. The molecule has 0 spiro atoms. The van der Waals surface area contributed by atoms with Crippen LogP contribution in [0.2, 0.25) is 4.34 Å². The molecule has 0 saturated heterocycles. The number of thiophene rings is 1. The van der Waals surface area contributed by atoms with Crippen LogP contribution in [0.1, 0.15) is 0 Å². The van der Waals surface area contributed by atoms with Crippen LogP contribution in [0.25, 0.3) is 10.1 Å². The highest BCUT2D eigenvalue weighted by Gasteiger charge is 2.00. The van der Waals surface area contributed by atoms with Crippen molar-refractivity contribution in [2.45, 2.75) is 0 Å². The van der Waals surface area contributed by atoms with Crippen LogP contribution >= 0.6 is 22.9 Å². The molecule has 0 aliphatic rings. The molecule has 0 aliphatic carbocycles. The smallest absolute Gasteiger partial charge is 0.0941 e. The van der Waals surface area contributed by atoms with Crippen molar-refractivity contribution < 1.29 is 0 Å². The van der Waals surface area contributed by atoms with Gasteiger partial charge >= 0.3 is 0 Å². The van der Waals surface area contributed by atoms with Crippen LogP contribution < -0.4 is 5.73 Å². The highest BCUT2D eigenvalue weighted by atomic mass is 35.5. The normalized spacial score (nSPS) is 10.6. The van der Waals surface area contributed by atoms with E-state index in [0.29, 0.717) is 0 Å². The number of fused-ring (bicyclic) bond motifs is 1. The van der Waals surface area contributed by atoms with Crippen molar-refractivity contribution in [1.82, 2.24) is 0 Å². The van der Waals surface area contributed by atoms with Gasteiger partial charge in [0.2, 0.25) is 0 Å². The Hall–Kier alpha value is -0.730. The van der Waals surface area contributed by atoms with Gasteiger partial charge in [0.1, 0.15) is 0 Å². The summed E-state index contributed by atoms with van der Waals surface area (Å²) in [4.78, 5) is 0. The van der Waals surface area contributed by atoms with Crippen molar-refractivity contribution in [3.05, 3.63) is 28.6 Å². The molecule has 1 aromatic heterocycles. The Morgan fingerprint density at radius 3 is 2.91 bits per heavy atom. The zero-order chi connectivity index (χ0) is 7.84. The van der Waals surface area contributed by atoms with Crippen molar-refractivity contribution in [3.8, 4) is 0 Å². The molecule has 0 aliphatic heterocycles. The van der Waals surface area contributed by atoms with E-state index in [1.807, 2.05) is 24.3 Å². The number of hydrogen-bond donors (Lipinski definition) is 1. The summed E-state index contributed by atoms with van der Waals surface area (Å²) in [6.07, 6.45) is 0. The predicted octanol–water partition coefficient (Wildman–Crippen LogP) is 3.14. The Bertz CT molecular complexity index is 394. The van der Waals surface area contributed by atoms with Crippen molar-refractivity contribution in [2.24, 2.45) is 0 Å². The lowest BCUT2D eigenvalue weighted by molar-refractivity contribution is 1.80. The lowest BCUT2D eigenvalue weighted by atomic mass is 10.2. The fourth-order valence-corrected chi connectivity index (χ4v) is 2.23. The summed E-state index contributed by atoms with van der Waals surface area (Å²) in [6.45, 7) is 0. The largest absolute Gasteiger partial charge is 0.398 e. The fourth-order valence-electron chi connectivity index (χ4n) is 1.05. The van der Waals surface area contributed by atoms with Crippen LogP contribution in [0.3, 0.4) is 0 Å². The zero-order valence-corrected chi connectivity index (χ0v) is 7.25. The third-order valence-corrected chi connectivity index (χ3v) is 2.79. The van der Waals surface area contributed by atoms with Crippen molar-refractivity contribution in [3.63, 3.8) is 0 Å².